The molecule has 17 heavy (non-hydrogen) atoms. The molecule has 0 bridgehead atoms. The first-order valence-corrected chi connectivity index (χ1v) is 6.35. The van der Waals surface area contributed by atoms with Gasteiger partial charge in [0.05, 0.1) is 12.5 Å². The van der Waals surface area contributed by atoms with Gasteiger partial charge in [0.15, 0.2) is 0 Å². The maximum atomic E-state index is 11.3. The van der Waals surface area contributed by atoms with Crippen molar-refractivity contribution in [1.82, 2.24) is 0 Å². The van der Waals surface area contributed by atoms with Crippen LogP contribution in [0.2, 0.25) is 0 Å². The molecule has 1 saturated carbocycles. The predicted molar refractivity (Wildman–Crippen MR) is 65.7 cm³/mol. The summed E-state index contributed by atoms with van der Waals surface area (Å²) in [6, 6.07) is 5.83. The Morgan fingerprint density at radius 3 is 2.82 bits per heavy atom. The van der Waals surface area contributed by atoms with Crippen molar-refractivity contribution >= 4 is 11.6 Å². The van der Waals surface area contributed by atoms with Crippen LogP contribution in [0.15, 0.2) is 18.2 Å². The number of aliphatic hydroxyl groups is 1. The Labute approximate surface area is 101 Å². The van der Waals surface area contributed by atoms with Crippen LogP contribution in [-0.4, -0.2) is 11.0 Å². The Morgan fingerprint density at radius 1 is 1.29 bits per heavy atom. The third-order valence-corrected chi connectivity index (χ3v) is 3.94. The molecule has 1 unspecified atom stereocenters. The number of benzene rings is 1. The van der Waals surface area contributed by atoms with Gasteiger partial charge in [-0.1, -0.05) is 25.0 Å². The Kier molecular flexibility index (Phi) is 2.63. The second-order valence-electron chi connectivity index (χ2n) is 5.13. The first-order chi connectivity index (χ1) is 8.24. The number of carbonyl (C=O) groups is 1. The number of hydrogen-bond acceptors (Lipinski definition) is 2. The molecule has 2 aliphatic rings. The zero-order valence-electron chi connectivity index (χ0n) is 9.78. The molecular formula is C14H17NO2. The van der Waals surface area contributed by atoms with Crippen molar-refractivity contribution in [2.45, 2.75) is 38.2 Å². The zero-order valence-corrected chi connectivity index (χ0v) is 9.78. The number of nitrogens with one attached hydrogen (secondary N) is 1. The summed E-state index contributed by atoms with van der Waals surface area (Å²) in [6.45, 7) is 0. The van der Waals surface area contributed by atoms with Gasteiger partial charge in [-0.05, 0) is 36.0 Å². The summed E-state index contributed by atoms with van der Waals surface area (Å²) in [5.41, 5.74) is 2.88. The molecule has 0 saturated heterocycles. The molecule has 1 aromatic carbocycles. The third-order valence-electron chi connectivity index (χ3n) is 3.94. The van der Waals surface area contributed by atoms with Crippen molar-refractivity contribution in [2.75, 3.05) is 5.32 Å². The zero-order chi connectivity index (χ0) is 11.8. The minimum absolute atomic E-state index is 0.0486. The lowest BCUT2D eigenvalue weighted by Crippen LogP contribution is -2.09. The lowest BCUT2D eigenvalue weighted by atomic mass is 9.93. The predicted octanol–water partition coefficient (Wildman–Crippen LogP) is 2.40. The summed E-state index contributed by atoms with van der Waals surface area (Å²) >= 11 is 0. The molecule has 1 amide bonds. The van der Waals surface area contributed by atoms with Crippen LogP contribution in [0.1, 0.15) is 42.9 Å². The first-order valence-electron chi connectivity index (χ1n) is 6.35. The standard InChI is InChI=1S/C14H17NO2/c16-13-8-11-7-10(5-6-12(11)15-13)14(17)9-3-1-2-4-9/h5-7,9,14,17H,1-4,8H2,(H,15,16). The normalized spacial score (nSPS) is 21.4. The van der Waals surface area contributed by atoms with Gasteiger partial charge in [-0.25, -0.2) is 0 Å². The Hall–Kier alpha value is -1.35. The Morgan fingerprint density at radius 2 is 2.06 bits per heavy atom. The maximum absolute atomic E-state index is 11.3. The molecule has 1 aliphatic carbocycles. The quantitative estimate of drug-likeness (QED) is 0.821. The number of carbonyl (C=O) groups excluding carboxylic acids is 1. The summed E-state index contributed by atoms with van der Waals surface area (Å²) in [4.78, 5) is 11.3. The topological polar surface area (TPSA) is 49.3 Å². The number of rotatable bonds is 2. The molecule has 1 aliphatic heterocycles. The average Bonchev–Trinajstić information content (AvgIpc) is 2.94. The minimum atomic E-state index is -0.362. The van der Waals surface area contributed by atoms with Gasteiger partial charge in [0.25, 0.3) is 0 Å². The van der Waals surface area contributed by atoms with Gasteiger partial charge in [-0.3, -0.25) is 4.79 Å². The van der Waals surface area contributed by atoms with E-state index in [1.165, 1.54) is 12.8 Å². The summed E-state index contributed by atoms with van der Waals surface area (Å²) in [5, 5.41) is 13.1. The van der Waals surface area contributed by atoms with E-state index in [0.29, 0.717) is 12.3 Å². The van der Waals surface area contributed by atoms with Gasteiger partial charge < -0.3 is 10.4 Å². The molecule has 90 valence electrons. The number of hydrogen-bond donors (Lipinski definition) is 2. The van der Waals surface area contributed by atoms with Gasteiger partial charge in [-0.2, -0.15) is 0 Å². The second kappa shape index (κ2) is 4.15. The third kappa shape index (κ3) is 1.95. The van der Waals surface area contributed by atoms with E-state index in [9.17, 15) is 9.90 Å². The van der Waals surface area contributed by atoms with Crippen LogP contribution < -0.4 is 5.32 Å². The molecule has 3 rings (SSSR count). The highest BCUT2D eigenvalue weighted by Gasteiger charge is 2.26. The van der Waals surface area contributed by atoms with E-state index >= 15 is 0 Å². The average molecular weight is 231 g/mol. The molecule has 2 N–H and O–H groups in total. The fourth-order valence-electron chi connectivity index (χ4n) is 2.98. The molecule has 1 fully saturated rings. The summed E-state index contributed by atoms with van der Waals surface area (Å²) < 4.78 is 0. The molecule has 0 aromatic heterocycles. The number of aliphatic hydroxyl groups excluding tert-OH is 1. The number of fused-ring (bicyclic) bond motifs is 1. The maximum Gasteiger partial charge on any atom is 0.228 e. The molecule has 1 heterocycles. The van der Waals surface area contributed by atoms with Gasteiger partial charge in [-0.15, -0.1) is 0 Å². The van der Waals surface area contributed by atoms with Crippen LogP contribution >= 0.6 is 0 Å². The Balaban J connectivity index is 1.84. The van der Waals surface area contributed by atoms with E-state index in [1.807, 2.05) is 18.2 Å². The molecular weight excluding hydrogens is 214 g/mol. The lowest BCUT2D eigenvalue weighted by Gasteiger charge is -2.18. The monoisotopic (exact) mass is 231 g/mol. The van der Waals surface area contributed by atoms with Crippen molar-refractivity contribution in [1.29, 1.82) is 0 Å². The van der Waals surface area contributed by atoms with E-state index in [4.69, 9.17) is 0 Å². The highest BCUT2D eigenvalue weighted by atomic mass is 16.3. The van der Waals surface area contributed by atoms with E-state index < -0.39 is 0 Å². The SMILES string of the molecule is O=C1Cc2cc(C(O)C3CCCC3)ccc2N1. The Bertz CT molecular complexity index is 450. The van der Waals surface area contributed by atoms with Crippen molar-refractivity contribution in [2.24, 2.45) is 5.92 Å². The smallest absolute Gasteiger partial charge is 0.228 e. The lowest BCUT2D eigenvalue weighted by molar-refractivity contribution is -0.115. The molecule has 3 heteroatoms. The largest absolute Gasteiger partial charge is 0.388 e. The summed E-state index contributed by atoms with van der Waals surface area (Å²) in [6.07, 6.45) is 4.78. The molecule has 0 radical (unpaired) electrons. The molecule has 3 nitrogen and oxygen atoms in total. The molecule has 0 spiro atoms. The van der Waals surface area contributed by atoms with Gasteiger partial charge in [0, 0.05) is 5.69 Å². The summed E-state index contributed by atoms with van der Waals surface area (Å²) in [5.74, 6) is 0.450. The minimum Gasteiger partial charge on any atom is -0.388 e. The van der Waals surface area contributed by atoms with Crippen LogP contribution in [0.25, 0.3) is 0 Å². The molecule has 1 aromatic rings. The second-order valence-corrected chi connectivity index (χ2v) is 5.13. The van der Waals surface area contributed by atoms with Gasteiger partial charge >= 0.3 is 0 Å². The van der Waals surface area contributed by atoms with E-state index in [2.05, 4.69) is 5.32 Å². The van der Waals surface area contributed by atoms with Crippen LogP contribution in [0.3, 0.4) is 0 Å². The fourth-order valence-corrected chi connectivity index (χ4v) is 2.98. The van der Waals surface area contributed by atoms with E-state index in [0.717, 1.165) is 29.7 Å². The molecule has 1 atom stereocenters. The van der Waals surface area contributed by atoms with Crippen LogP contribution in [0.5, 0.6) is 0 Å². The van der Waals surface area contributed by atoms with Crippen molar-refractivity contribution in [3.63, 3.8) is 0 Å². The van der Waals surface area contributed by atoms with Crippen molar-refractivity contribution in [3.8, 4) is 0 Å². The van der Waals surface area contributed by atoms with Crippen molar-refractivity contribution in [3.05, 3.63) is 29.3 Å². The fraction of sp³-hybridized carbons (Fsp3) is 0.500. The summed E-state index contributed by atoms with van der Waals surface area (Å²) in [7, 11) is 0. The van der Waals surface area contributed by atoms with Gasteiger partial charge in [0.1, 0.15) is 0 Å². The van der Waals surface area contributed by atoms with E-state index in [1.54, 1.807) is 0 Å². The highest BCUT2D eigenvalue weighted by Crippen LogP contribution is 2.37. The van der Waals surface area contributed by atoms with E-state index in [-0.39, 0.29) is 12.0 Å². The van der Waals surface area contributed by atoms with Gasteiger partial charge in [0.2, 0.25) is 5.91 Å². The van der Waals surface area contributed by atoms with Crippen LogP contribution in [0.4, 0.5) is 5.69 Å². The van der Waals surface area contributed by atoms with Crippen molar-refractivity contribution < 1.29 is 9.90 Å². The first kappa shape index (κ1) is 10.8. The van der Waals surface area contributed by atoms with Crippen LogP contribution in [0, 0.1) is 5.92 Å². The highest BCUT2D eigenvalue weighted by molar-refractivity contribution is 5.99. The number of amides is 1. The number of anilines is 1. The van der Waals surface area contributed by atoms with Crippen LogP contribution in [-0.2, 0) is 11.2 Å².